The molecular formula is C28H38MgN2O4. The van der Waals surface area contributed by atoms with Crippen molar-refractivity contribution < 1.29 is 19.8 Å². The molecule has 1 aromatic carbocycles. The molecular weight excluding hydrogens is 453 g/mol. The third-order valence-corrected chi connectivity index (χ3v) is 5.56. The van der Waals surface area contributed by atoms with Crippen LogP contribution in [-0.2, 0) is 9.59 Å². The molecule has 0 spiro atoms. The van der Waals surface area contributed by atoms with E-state index in [9.17, 15) is 19.8 Å². The van der Waals surface area contributed by atoms with Crippen LogP contribution < -0.4 is 10.2 Å². The second-order valence-electron chi connectivity index (χ2n) is 8.40. The van der Waals surface area contributed by atoms with E-state index in [1.54, 1.807) is 12.4 Å². The molecule has 0 saturated heterocycles. The normalized spacial score (nSPS) is 10.2. The minimum absolute atomic E-state index is 0. The van der Waals surface area contributed by atoms with Gasteiger partial charge in [0.25, 0.3) is 0 Å². The average Bonchev–Trinajstić information content (AvgIpc) is 2.84. The summed E-state index contributed by atoms with van der Waals surface area (Å²) in [7, 11) is 0. The van der Waals surface area contributed by atoms with Crippen LogP contribution in [0, 0.1) is 11.8 Å². The number of fused-ring (bicyclic) bond motifs is 3. The molecule has 35 heavy (non-hydrogen) atoms. The van der Waals surface area contributed by atoms with Gasteiger partial charge in [0.15, 0.2) is 0 Å². The zero-order chi connectivity index (χ0) is 25.3. The summed E-state index contributed by atoms with van der Waals surface area (Å²) in [6.07, 6.45) is 10.4. The van der Waals surface area contributed by atoms with Gasteiger partial charge < -0.3 is 19.8 Å². The Morgan fingerprint density at radius 1 is 0.657 bits per heavy atom. The number of pyridine rings is 2. The van der Waals surface area contributed by atoms with E-state index in [1.807, 2.05) is 39.8 Å². The van der Waals surface area contributed by atoms with E-state index in [-0.39, 0.29) is 34.9 Å². The molecule has 6 nitrogen and oxygen atoms in total. The Morgan fingerprint density at radius 3 is 1.23 bits per heavy atom. The summed E-state index contributed by atoms with van der Waals surface area (Å²) in [5, 5.41) is 23.0. The average molecular weight is 491 g/mol. The topological polar surface area (TPSA) is 106 Å². The zero-order valence-electron chi connectivity index (χ0n) is 21.7. The summed E-state index contributed by atoms with van der Waals surface area (Å²) in [6, 6.07) is 12.1. The molecule has 0 aliphatic heterocycles. The van der Waals surface area contributed by atoms with E-state index in [4.69, 9.17) is 0 Å². The predicted octanol–water partition coefficient (Wildman–Crippen LogP) is 4.31. The Labute approximate surface area is 225 Å². The number of aromatic nitrogens is 2. The Balaban J connectivity index is 0.000000504. The van der Waals surface area contributed by atoms with E-state index in [0.717, 1.165) is 73.2 Å². The molecule has 0 amide bonds. The molecule has 2 heterocycles. The van der Waals surface area contributed by atoms with Gasteiger partial charge in [0.1, 0.15) is 0 Å². The first-order valence-corrected chi connectivity index (χ1v) is 12.4. The van der Waals surface area contributed by atoms with Crippen molar-refractivity contribution in [2.24, 2.45) is 11.8 Å². The Bertz CT molecular complexity index is 920. The van der Waals surface area contributed by atoms with Gasteiger partial charge in [0.2, 0.25) is 0 Å². The van der Waals surface area contributed by atoms with Crippen molar-refractivity contribution in [3.63, 3.8) is 0 Å². The van der Waals surface area contributed by atoms with Crippen LogP contribution in [0.2, 0.25) is 0 Å². The number of carbonyl (C=O) groups excluding carboxylic acids is 2. The van der Waals surface area contributed by atoms with Crippen molar-refractivity contribution in [2.45, 2.75) is 79.1 Å². The predicted molar refractivity (Wildman–Crippen MR) is 139 cm³/mol. The van der Waals surface area contributed by atoms with Crippen LogP contribution in [0.1, 0.15) is 79.1 Å². The molecule has 7 heteroatoms. The van der Waals surface area contributed by atoms with Gasteiger partial charge in [0.05, 0.1) is 11.0 Å². The number of hydrogen-bond acceptors (Lipinski definition) is 6. The minimum atomic E-state index is -0.885. The standard InChI is InChI=1S/C12H8N2.2C8H16O2.Mg/c1-3-9-5-6-10-4-2-8-14-12(10)11(9)13-7-1;2*1-3-5-7(6-4-2)8(9)10;/h1-8H;2*7H,3-6H2,1-2H3,(H,9,10);/q;;;+2/p-2. The second kappa shape index (κ2) is 19.0. The molecule has 0 fully saturated rings. The quantitative estimate of drug-likeness (QED) is 0.310. The Kier molecular flexibility index (Phi) is 17.8. The first-order valence-electron chi connectivity index (χ1n) is 12.4. The Hall–Kier alpha value is -2.25. The van der Waals surface area contributed by atoms with Gasteiger partial charge in [0, 0.05) is 35.1 Å². The first-order chi connectivity index (χ1) is 16.4. The number of aliphatic carboxylic acids is 2. The molecule has 0 atom stereocenters. The van der Waals surface area contributed by atoms with Crippen molar-refractivity contribution in [2.75, 3.05) is 0 Å². The third kappa shape index (κ3) is 11.8. The van der Waals surface area contributed by atoms with Crippen LogP contribution in [0.4, 0.5) is 0 Å². The van der Waals surface area contributed by atoms with Gasteiger partial charge in [-0.05, 0) is 49.7 Å². The van der Waals surface area contributed by atoms with Gasteiger partial charge >= 0.3 is 23.1 Å². The molecule has 3 aromatic rings. The maximum absolute atomic E-state index is 10.4. The molecule has 0 radical (unpaired) electrons. The van der Waals surface area contributed by atoms with Crippen LogP contribution in [0.25, 0.3) is 21.8 Å². The number of rotatable bonds is 10. The van der Waals surface area contributed by atoms with Crippen LogP contribution in [0.5, 0.6) is 0 Å². The number of carboxylic acids is 2. The van der Waals surface area contributed by atoms with Gasteiger partial charge in [-0.1, -0.05) is 77.6 Å². The summed E-state index contributed by atoms with van der Waals surface area (Å²) in [5.74, 6) is -2.20. The van der Waals surface area contributed by atoms with Crippen LogP contribution >= 0.6 is 0 Å². The van der Waals surface area contributed by atoms with Crippen LogP contribution in [-0.4, -0.2) is 45.0 Å². The number of carbonyl (C=O) groups is 2. The van der Waals surface area contributed by atoms with Gasteiger partial charge in [-0.25, -0.2) is 0 Å². The number of carboxylic acid groups (broad SMARTS) is 2. The maximum Gasteiger partial charge on any atom is 2.00 e. The zero-order valence-corrected chi connectivity index (χ0v) is 23.1. The molecule has 0 aliphatic carbocycles. The van der Waals surface area contributed by atoms with Crippen molar-refractivity contribution in [3.8, 4) is 0 Å². The summed E-state index contributed by atoms with van der Waals surface area (Å²) in [4.78, 5) is 29.4. The molecule has 0 N–H and O–H groups in total. The van der Waals surface area contributed by atoms with Gasteiger partial charge in [-0.15, -0.1) is 0 Å². The molecule has 0 unspecified atom stereocenters. The van der Waals surface area contributed by atoms with E-state index in [1.165, 1.54) is 0 Å². The fraction of sp³-hybridized carbons (Fsp3) is 0.500. The fourth-order valence-corrected chi connectivity index (χ4v) is 3.83. The van der Waals surface area contributed by atoms with Crippen molar-refractivity contribution in [1.29, 1.82) is 0 Å². The van der Waals surface area contributed by atoms with Crippen LogP contribution in [0.15, 0.2) is 48.8 Å². The first kappa shape index (κ1) is 32.7. The largest absolute Gasteiger partial charge is 2.00 e. The third-order valence-electron chi connectivity index (χ3n) is 5.56. The van der Waals surface area contributed by atoms with Gasteiger partial charge in [-0.2, -0.15) is 0 Å². The van der Waals surface area contributed by atoms with E-state index >= 15 is 0 Å². The molecule has 2 aromatic heterocycles. The summed E-state index contributed by atoms with van der Waals surface area (Å²) < 4.78 is 0. The van der Waals surface area contributed by atoms with E-state index < -0.39 is 11.9 Å². The molecule has 0 saturated carbocycles. The maximum atomic E-state index is 10.4. The SMILES string of the molecule is CCCC(CCC)C(=O)[O-].CCCC(CCC)C(=O)[O-].[Mg+2].c1cnc2c(c1)ccc1cccnc12. The van der Waals surface area contributed by atoms with E-state index in [0.29, 0.717) is 0 Å². The summed E-state index contributed by atoms with van der Waals surface area (Å²) in [6.45, 7) is 7.97. The molecule has 0 aliphatic rings. The monoisotopic (exact) mass is 490 g/mol. The minimum Gasteiger partial charge on any atom is -0.550 e. The summed E-state index contributed by atoms with van der Waals surface area (Å²) in [5.41, 5.74) is 1.95. The Morgan fingerprint density at radius 2 is 0.971 bits per heavy atom. The second-order valence-corrected chi connectivity index (χ2v) is 8.40. The fourth-order valence-electron chi connectivity index (χ4n) is 3.83. The van der Waals surface area contributed by atoms with Crippen LogP contribution in [0.3, 0.4) is 0 Å². The summed E-state index contributed by atoms with van der Waals surface area (Å²) >= 11 is 0. The van der Waals surface area contributed by atoms with Gasteiger partial charge in [-0.3, -0.25) is 9.97 Å². The molecule has 186 valence electrons. The number of benzene rings is 1. The van der Waals surface area contributed by atoms with Crippen molar-refractivity contribution in [3.05, 3.63) is 48.8 Å². The van der Waals surface area contributed by atoms with Crippen molar-refractivity contribution >= 4 is 56.8 Å². The van der Waals surface area contributed by atoms with E-state index in [2.05, 4.69) is 34.2 Å². The smallest absolute Gasteiger partial charge is 0.550 e. The molecule has 3 rings (SSSR count). The number of nitrogens with zero attached hydrogens (tertiary/aromatic N) is 2. The molecule has 0 bridgehead atoms. The number of hydrogen-bond donors (Lipinski definition) is 0. The van der Waals surface area contributed by atoms with Crippen molar-refractivity contribution in [1.82, 2.24) is 9.97 Å².